The third-order valence-electron chi connectivity index (χ3n) is 0.0845. The van der Waals surface area contributed by atoms with Crippen molar-refractivity contribution in [3.63, 3.8) is 0 Å². The van der Waals surface area contributed by atoms with Crippen LogP contribution in [0.5, 0.6) is 0 Å². The second kappa shape index (κ2) is 12.7. The van der Waals surface area contributed by atoms with Gasteiger partial charge in [0.15, 0.2) is 0 Å². The number of phosphoric acid groups is 2. The van der Waals surface area contributed by atoms with Gasteiger partial charge in [-0.1, -0.05) is 0 Å². The number of aliphatic hydroxyl groups is 1. The molecule has 0 atom stereocenters. The Labute approximate surface area is 97.0 Å². The van der Waals surface area contributed by atoms with E-state index in [1.165, 1.54) is 0 Å². The minimum absolute atomic E-state index is 0. The average Bonchev–Trinajstić information content (AvgIpc) is 1.79. The van der Waals surface area contributed by atoms with E-state index in [1.807, 2.05) is 0 Å². The van der Waals surface area contributed by atoms with Crippen LogP contribution in [0.25, 0.3) is 0 Å². The standard InChI is InChI=1S/C2H5ClO.Be.2H3O4P.2H/c3-1-2-4;;2*1-5(2,3)4;;/h4H,1-2H2;;2*(H3,1,2,3,4);;/q;+2;;;2*-1. The Morgan fingerprint density at radius 2 is 1.00 bits per heavy atom. The van der Waals surface area contributed by atoms with E-state index >= 15 is 0 Å². The van der Waals surface area contributed by atoms with Crippen LogP contribution in [-0.2, 0) is 9.13 Å². The smallest absolute Gasteiger partial charge is 1.00 e. The van der Waals surface area contributed by atoms with Crippen molar-refractivity contribution in [1.29, 1.82) is 0 Å². The molecule has 0 aromatic rings. The quantitative estimate of drug-likeness (QED) is 0.167. The average molecular weight is 288 g/mol. The van der Waals surface area contributed by atoms with Crippen molar-refractivity contribution in [2.75, 3.05) is 12.5 Å². The Balaban J connectivity index is -0.0000000247. The van der Waals surface area contributed by atoms with Gasteiger partial charge in [-0.15, -0.1) is 11.6 Å². The van der Waals surface area contributed by atoms with Gasteiger partial charge in [0, 0.05) is 5.88 Å². The van der Waals surface area contributed by atoms with Crippen LogP contribution in [0.4, 0.5) is 0 Å². The minimum Gasteiger partial charge on any atom is -1.00 e. The summed E-state index contributed by atoms with van der Waals surface area (Å²) in [6.07, 6.45) is 0. The first-order valence-corrected chi connectivity index (χ1v) is 6.31. The number of hydrogen-bond donors (Lipinski definition) is 7. The van der Waals surface area contributed by atoms with Crippen LogP contribution >= 0.6 is 27.2 Å². The summed E-state index contributed by atoms with van der Waals surface area (Å²) in [5.74, 6) is 0.347. The molecule has 0 radical (unpaired) electrons. The van der Waals surface area contributed by atoms with E-state index in [0.717, 1.165) is 0 Å². The van der Waals surface area contributed by atoms with Gasteiger partial charge in [-0.2, -0.15) is 0 Å². The van der Waals surface area contributed by atoms with E-state index in [4.69, 9.17) is 55.2 Å². The van der Waals surface area contributed by atoms with Gasteiger partial charge in [-0.25, -0.2) is 9.13 Å². The monoisotopic (exact) mass is 287 g/mol. The molecule has 0 aromatic carbocycles. The van der Waals surface area contributed by atoms with Crippen LogP contribution in [-0.4, -0.2) is 57.1 Å². The molecule has 9 nitrogen and oxygen atoms in total. The first-order chi connectivity index (χ1) is 5.91. The molecule has 94 valence electrons. The van der Waals surface area contributed by atoms with E-state index in [-0.39, 0.29) is 19.6 Å². The van der Waals surface area contributed by atoms with E-state index in [2.05, 4.69) is 0 Å². The summed E-state index contributed by atoms with van der Waals surface area (Å²) in [5, 5.41) is 7.74. The molecule has 0 unspecified atom stereocenters. The van der Waals surface area contributed by atoms with Crippen LogP contribution in [0.1, 0.15) is 2.85 Å². The van der Waals surface area contributed by atoms with Crippen molar-refractivity contribution in [3.8, 4) is 0 Å². The molecule has 0 aliphatic rings. The molecule has 0 rings (SSSR count). The normalized spacial score (nSPS) is 9.87. The third-order valence-corrected chi connectivity index (χ3v) is 0.254. The molecule has 0 saturated carbocycles. The summed E-state index contributed by atoms with van der Waals surface area (Å²) >= 11 is 4.94. The summed E-state index contributed by atoms with van der Waals surface area (Å²) in [5.41, 5.74) is 0. The van der Waals surface area contributed by atoms with Gasteiger partial charge in [-0.3, -0.25) is 0 Å². The maximum absolute atomic E-state index is 8.88. The summed E-state index contributed by atoms with van der Waals surface area (Å²) in [6.45, 7) is 0.0849. The van der Waals surface area contributed by atoms with Crippen LogP contribution in [0.15, 0.2) is 0 Å². The molecule has 0 heterocycles. The summed E-state index contributed by atoms with van der Waals surface area (Å²) in [6, 6.07) is 0. The van der Waals surface area contributed by atoms with Crippen LogP contribution < -0.4 is 0 Å². The van der Waals surface area contributed by atoms with Crippen molar-refractivity contribution < 1.29 is 46.5 Å². The maximum Gasteiger partial charge on any atom is 2.00 e. The van der Waals surface area contributed by atoms with Crippen LogP contribution in [0.2, 0.25) is 0 Å². The predicted octanol–water partition coefficient (Wildman–Crippen LogP) is -1.80. The Morgan fingerprint density at radius 1 is 0.933 bits per heavy atom. The summed E-state index contributed by atoms with van der Waals surface area (Å²) < 4.78 is 17.8. The Kier molecular flexibility index (Phi) is 21.0. The van der Waals surface area contributed by atoms with Crippen molar-refractivity contribution in [2.24, 2.45) is 0 Å². The summed E-state index contributed by atoms with van der Waals surface area (Å²) in [7, 11) is -9.28. The van der Waals surface area contributed by atoms with Gasteiger partial charge in [-0.05, 0) is 0 Å². The zero-order valence-electron chi connectivity index (χ0n) is 9.34. The first kappa shape index (κ1) is 24.7. The molecule has 13 heteroatoms. The van der Waals surface area contributed by atoms with Crippen molar-refractivity contribution in [3.05, 3.63) is 0 Å². The number of rotatable bonds is 1. The van der Waals surface area contributed by atoms with Gasteiger partial charge in [0.05, 0.1) is 6.61 Å². The van der Waals surface area contributed by atoms with Crippen LogP contribution in [0, 0.1) is 0 Å². The molecule has 0 spiro atoms. The Bertz CT molecular complexity index is 169. The van der Waals surface area contributed by atoms with E-state index < -0.39 is 15.6 Å². The molecule has 0 fully saturated rings. The molecule has 0 amide bonds. The van der Waals surface area contributed by atoms with E-state index in [9.17, 15) is 0 Å². The fourth-order valence-corrected chi connectivity index (χ4v) is 0. The second-order valence-corrected chi connectivity index (χ2v) is 3.87. The van der Waals surface area contributed by atoms with Gasteiger partial charge in [0.25, 0.3) is 0 Å². The van der Waals surface area contributed by atoms with Gasteiger partial charge < -0.3 is 37.3 Å². The fraction of sp³-hybridized carbons (Fsp3) is 1.00. The SMILES string of the molecule is O=P(O)(O)O.O=P(O)(O)O.OCCCl.[Be+2].[H-].[H-]. The number of halogens is 1. The van der Waals surface area contributed by atoms with Gasteiger partial charge in [0.2, 0.25) is 0 Å². The molecule has 7 N–H and O–H groups in total. The zero-order chi connectivity index (χ0) is 12.4. The Morgan fingerprint density at radius 3 is 1.00 bits per heavy atom. The second-order valence-electron chi connectivity index (χ2n) is 1.44. The number of hydrogen-bond acceptors (Lipinski definition) is 3. The fourth-order valence-electron chi connectivity index (χ4n) is 0. The minimum atomic E-state index is -4.64. The molecule has 0 saturated heterocycles. The van der Waals surface area contributed by atoms with Crippen LogP contribution in [0.3, 0.4) is 0 Å². The van der Waals surface area contributed by atoms with E-state index in [1.54, 1.807) is 0 Å². The van der Waals surface area contributed by atoms with E-state index in [0.29, 0.717) is 5.88 Å². The number of alkyl halides is 1. The first-order valence-electron chi connectivity index (χ1n) is 2.65. The topological polar surface area (TPSA) is 176 Å². The molecular weight excluding hydrogens is 274 g/mol. The molecule has 0 aromatic heterocycles. The third kappa shape index (κ3) is 871. The van der Waals surface area contributed by atoms with Crippen molar-refractivity contribution >= 4 is 37.4 Å². The van der Waals surface area contributed by atoms with Crippen molar-refractivity contribution in [2.45, 2.75) is 0 Å². The molecule has 0 bridgehead atoms. The number of aliphatic hydroxyl groups excluding tert-OH is 1. The van der Waals surface area contributed by atoms with Crippen molar-refractivity contribution in [1.82, 2.24) is 0 Å². The largest absolute Gasteiger partial charge is 2.00 e. The predicted molar refractivity (Wildman–Crippen MR) is 54.3 cm³/mol. The zero-order valence-corrected chi connectivity index (χ0v) is 9.89. The van der Waals surface area contributed by atoms with Gasteiger partial charge in [0.1, 0.15) is 0 Å². The maximum atomic E-state index is 8.88. The summed E-state index contributed by atoms with van der Waals surface area (Å²) in [4.78, 5) is 43.1. The van der Waals surface area contributed by atoms with Gasteiger partial charge >= 0.3 is 25.8 Å². The molecule has 0 aliphatic carbocycles. The molecular formula is C2H13BeClO9P2. The molecule has 0 aliphatic heterocycles. The molecule has 15 heavy (non-hydrogen) atoms. The Hall–Kier alpha value is 0.639.